The molecule has 2 N–H and O–H groups in total. The summed E-state index contributed by atoms with van der Waals surface area (Å²) in [5.41, 5.74) is 5.02. The summed E-state index contributed by atoms with van der Waals surface area (Å²) in [6.45, 7) is 1.49. The minimum absolute atomic E-state index is 0.0271. The number of rotatable bonds is 3. The molecule has 0 spiro atoms. The largest absolute Gasteiger partial charge is 0.439 e. The molecule has 0 bridgehead atoms. The minimum Gasteiger partial charge on any atom is -0.439 e. The average molecular weight is 300 g/mol. The predicted octanol–water partition coefficient (Wildman–Crippen LogP) is 3.80. The number of aryl methyl sites for hydroxylation is 1. The van der Waals surface area contributed by atoms with Crippen molar-refractivity contribution in [1.29, 1.82) is 0 Å². The standard InChI is InChI=1S/C14H12F4N2O/c1-8-6-10(3-4-11(8)15)21-13-9(7-19)2-5-12(20-13)14(16,17)18/h2-6H,7,19H2,1H3. The topological polar surface area (TPSA) is 48.1 Å². The van der Waals surface area contributed by atoms with Crippen LogP contribution in [0.3, 0.4) is 0 Å². The van der Waals surface area contributed by atoms with Crippen molar-refractivity contribution >= 4 is 0 Å². The number of aromatic nitrogens is 1. The van der Waals surface area contributed by atoms with Gasteiger partial charge in [-0.3, -0.25) is 0 Å². The predicted molar refractivity (Wildman–Crippen MR) is 68.3 cm³/mol. The minimum atomic E-state index is -4.58. The summed E-state index contributed by atoms with van der Waals surface area (Å²) in [4.78, 5) is 3.44. The van der Waals surface area contributed by atoms with Crippen LogP contribution in [0.4, 0.5) is 17.6 Å². The smallest absolute Gasteiger partial charge is 0.433 e. The van der Waals surface area contributed by atoms with Crippen LogP contribution in [-0.2, 0) is 12.7 Å². The Morgan fingerprint density at radius 3 is 2.48 bits per heavy atom. The maximum atomic E-state index is 13.2. The molecule has 0 aliphatic carbocycles. The second-order valence-electron chi connectivity index (χ2n) is 4.38. The van der Waals surface area contributed by atoms with Crippen LogP contribution in [0.25, 0.3) is 0 Å². The van der Waals surface area contributed by atoms with Crippen molar-refractivity contribution in [3.63, 3.8) is 0 Å². The zero-order valence-electron chi connectivity index (χ0n) is 11.0. The van der Waals surface area contributed by atoms with Gasteiger partial charge in [-0.25, -0.2) is 9.37 Å². The summed E-state index contributed by atoms with van der Waals surface area (Å²) in [6, 6.07) is 5.90. The normalized spacial score (nSPS) is 11.5. The van der Waals surface area contributed by atoms with Crippen LogP contribution in [0.5, 0.6) is 11.6 Å². The quantitative estimate of drug-likeness (QED) is 0.877. The first-order valence-corrected chi connectivity index (χ1v) is 6.02. The van der Waals surface area contributed by atoms with Crippen LogP contribution < -0.4 is 10.5 Å². The second kappa shape index (κ2) is 5.69. The Bertz CT molecular complexity index is 656. The molecule has 0 saturated heterocycles. The Hall–Kier alpha value is -2.15. The lowest BCUT2D eigenvalue weighted by atomic mass is 10.2. The molecule has 0 amide bonds. The highest BCUT2D eigenvalue weighted by Gasteiger charge is 2.33. The number of nitrogens with two attached hydrogens (primary N) is 1. The van der Waals surface area contributed by atoms with Gasteiger partial charge >= 0.3 is 6.18 Å². The number of benzene rings is 1. The van der Waals surface area contributed by atoms with E-state index in [1.807, 2.05) is 0 Å². The van der Waals surface area contributed by atoms with Crippen LogP contribution in [0, 0.1) is 12.7 Å². The summed E-state index contributed by atoms with van der Waals surface area (Å²) in [6.07, 6.45) is -4.58. The van der Waals surface area contributed by atoms with Gasteiger partial charge in [0.05, 0.1) is 0 Å². The fourth-order valence-electron chi connectivity index (χ4n) is 1.66. The molecule has 1 heterocycles. The number of pyridine rings is 1. The number of hydrogen-bond acceptors (Lipinski definition) is 3. The summed E-state index contributed by atoms with van der Waals surface area (Å²) in [7, 11) is 0. The molecule has 3 nitrogen and oxygen atoms in total. The highest BCUT2D eigenvalue weighted by atomic mass is 19.4. The molecular weight excluding hydrogens is 288 g/mol. The lowest BCUT2D eigenvalue weighted by Gasteiger charge is -2.12. The van der Waals surface area contributed by atoms with Gasteiger partial charge in [-0.2, -0.15) is 13.2 Å². The molecule has 0 aliphatic heterocycles. The Morgan fingerprint density at radius 1 is 1.19 bits per heavy atom. The van der Waals surface area contributed by atoms with Crippen LogP contribution >= 0.6 is 0 Å². The summed E-state index contributed by atoms with van der Waals surface area (Å²) in [5, 5.41) is 0. The Labute approximate surface area is 118 Å². The summed E-state index contributed by atoms with van der Waals surface area (Å²) >= 11 is 0. The van der Waals surface area contributed by atoms with Crippen molar-refractivity contribution in [2.75, 3.05) is 0 Å². The summed E-state index contributed by atoms with van der Waals surface area (Å²) < 4.78 is 56.5. The Balaban J connectivity index is 2.39. The van der Waals surface area contributed by atoms with Crippen LogP contribution in [0.15, 0.2) is 30.3 Å². The fourth-order valence-corrected chi connectivity index (χ4v) is 1.66. The van der Waals surface area contributed by atoms with Gasteiger partial charge in [-0.15, -0.1) is 0 Å². The molecule has 112 valence electrons. The maximum Gasteiger partial charge on any atom is 0.433 e. The van der Waals surface area contributed by atoms with E-state index < -0.39 is 17.7 Å². The van der Waals surface area contributed by atoms with Gasteiger partial charge in [-0.1, -0.05) is 6.07 Å². The molecule has 21 heavy (non-hydrogen) atoms. The Kier molecular flexibility index (Phi) is 4.13. The Morgan fingerprint density at radius 2 is 1.90 bits per heavy atom. The highest BCUT2D eigenvalue weighted by Crippen LogP contribution is 2.32. The molecule has 1 aromatic carbocycles. The lowest BCUT2D eigenvalue weighted by molar-refractivity contribution is -0.141. The molecule has 1 aromatic heterocycles. The molecule has 0 saturated carbocycles. The van der Waals surface area contributed by atoms with E-state index >= 15 is 0 Å². The van der Waals surface area contributed by atoms with E-state index in [4.69, 9.17) is 10.5 Å². The van der Waals surface area contributed by atoms with Crippen LogP contribution in [0.1, 0.15) is 16.8 Å². The molecule has 7 heteroatoms. The van der Waals surface area contributed by atoms with Gasteiger partial charge in [-0.05, 0) is 36.8 Å². The molecule has 2 rings (SSSR count). The van der Waals surface area contributed by atoms with E-state index in [9.17, 15) is 17.6 Å². The van der Waals surface area contributed by atoms with Gasteiger partial charge in [0.1, 0.15) is 17.3 Å². The van der Waals surface area contributed by atoms with Crippen LogP contribution in [-0.4, -0.2) is 4.98 Å². The second-order valence-corrected chi connectivity index (χ2v) is 4.38. The van der Waals surface area contributed by atoms with Crippen molar-refractivity contribution in [2.45, 2.75) is 19.6 Å². The maximum absolute atomic E-state index is 13.2. The molecule has 2 aromatic rings. The van der Waals surface area contributed by atoms with E-state index in [2.05, 4.69) is 4.98 Å². The first-order chi connectivity index (χ1) is 9.81. The number of alkyl halides is 3. The van der Waals surface area contributed by atoms with Gasteiger partial charge < -0.3 is 10.5 Å². The summed E-state index contributed by atoms with van der Waals surface area (Å²) in [5.74, 6) is -0.479. The van der Waals surface area contributed by atoms with E-state index in [0.29, 0.717) is 11.1 Å². The molecule has 0 fully saturated rings. The third-order valence-corrected chi connectivity index (χ3v) is 2.79. The molecule has 0 unspecified atom stereocenters. The zero-order valence-corrected chi connectivity index (χ0v) is 11.0. The highest BCUT2D eigenvalue weighted by molar-refractivity contribution is 5.36. The SMILES string of the molecule is Cc1cc(Oc2nc(C(F)(F)F)ccc2CN)ccc1F. The number of nitrogens with zero attached hydrogens (tertiary/aromatic N) is 1. The third-order valence-electron chi connectivity index (χ3n) is 2.79. The lowest BCUT2D eigenvalue weighted by Crippen LogP contribution is -2.10. The molecule has 0 atom stereocenters. The molecular formula is C14H12F4N2O. The average Bonchev–Trinajstić information content (AvgIpc) is 2.42. The molecule has 0 radical (unpaired) electrons. The van der Waals surface area contributed by atoms with Gasteiger partial charge in [0.15, 0.2) is 0 Å². The van der Waals surface area contributed by atoms with Gasteiger partial charge in [0.2, 0.25) is 5.88 Å². The molecule has 0 aliphatic rings. The van der Waals surface area contributed by atoms with Crippen molar-refractivity contribution in [1.82, 2.24) is 4.98 Å². The van der Waals surface area contributed by atoms with Crippen molar-refractivity contribution < 1.29 is 22.3 Å². The third kappa shape index (κ3) is 3.49. The van der Waals surface area contributed by atoms with Crippen molar-refractivity contribution in [3.05, 3.63) is 53.0 Å². The first kappa shape index (κ1) is 15.2. The van der Waals surface area contributed by atoms with Crippen molar-refractivity contribution in [2.24, 2.45) is 5.73 Å². The van der Waals surface area contributed by atoms with E-state index in [1.54, 1.807) is 0 Å². The van der Waals surface area contributed by atoms with Crippen molar-refractivity contribution in [3.8, 4) is 11.6 Å². The van der Waals surface area contributed by atoms with Crippen LogP contribution in [0.2, 0.25) is 0 Å². The first-order valence-electron chi connectivity index (χ1n) is 6.02. The van der Waals surface area contributed by atoms with Gasteiger partial charge in [0, 0.05) is 12.1 Å². The number of hydrogen-bond donors (Lipinski definition) is 1. The number of halogens is 4. The van der Waals surface area contributed by atoms with Gasteiger partial charge in [0.25, 0.3) is 0 Å². The monoisotopic (exact) mass is 300 g/mol. The van der Waals surface area contributed by atoms with E-state index in [0.717, 1.165) is 6.07 Å². The zero-order chi connectivity index (χ0) is 15.6. The number of ether oxygens (including phenoxy) is 1. The fraction of sp³-hybridized carbons (Fsp3) is 0.214. The van der Waals surface area contributed by atoms with E-state index in [-0.39, 0.29) is 18.2 Å². The van der Waals surface area contributed by atoms with E-state index in [1.165, 1.54) is 31.2 Å².